The fourth-order valence-electron chi connectivity index (χ4n) is 2.36. The molecule has 0 spiro atoms. The molecule has 0 N–H and O–H groups in total. The Morgan fingerprint density at radius 1 is 1.05 bits per heavy atom. The monoisotopic (exact) mass is 302 g/mol. The third-order valence-corrected chi connectivity index (χ3v) is 5.47. The van der Waals surface area contributed by atoms with Crippen molar-refractivity contribution >= 4 is 10.2 Å². The standard InChI is InChI=1S/C10H17F3N2O3S/c11-10(12,13)9-2-1-3-15(8-9)19(16,17)14-4-6-18-7-5-14/h9H,1-8H2. The predicted octanol–water partition coefficient (Wildman–Crippen LogP) is 0.838. The van der Waals surface area contributed by atoms with E-state index >= 15 is 0 Å². The molecular formula is C10H17F3N2O3S. The summed E-state index contributed by atoms with van der Waals surface area (Å²) >= 11 is 0. The lowest BCUT2D eigenvalue weighted by molar-refractivity contribution is -0.182. The van der Waals surface area contributed by atoms with Crippen LogP contribution in [-0.4, -0.2) is 62.6 Å². The van der Waals surface area contributed by atoms with Gasteiger partial charge in [-0.15, -0.1) is 0 Å². The van der Waals surface area contributed by atoms with Gasteiger partial charge < -0.3 is 4.74 Å². The Bertz CT molecular complexity index is 407. The molecule has 2 saturated heterocycles. The summed E-state index contributed by atoms with van der Waals surface area (Å²) in [5.41, 5.74) is 0. The molecule has 2 aliphatic heterocycles. The first-order valence-electron chi connectivity index (χ1n) is 6.21. The van der Waals surface area contributed by atoms with E-state index in [0.29, 0.717) is 0 Å². The maximum absolute atomic E-state index is 12.7. The maximum atomic E-state index is 12.7. The van der Waals surface area contributed by atoms with Crippen molar-refractivity contribution < 1.29 is 26.3 Å². The summed E-state index contributed by atoms with van der Waals surface area (Å²) in [7, 11) is -3.79. The number of morpholine rings is 1. The number of hydrogen-bond donors (Lipinski definition) is 0. The van der Waals surface area contributed by atoms with E-state index in [9.17, 15) is 21.6 Å². The molecule has 1 atom stereocenters. The molecule has 9 heteroatoms. The second-order valence-corrected chi connectivity index (χ2v) is 6.69. The van der Waals surface area contributed by atoms with Gasteiger partial charge in [0, 0.05) is 26.2 Å². The number of nitrogens with zero attached hydrogens (tertiary/aromatic N) is 2. The molecule has 1 unspecified atom stereocenters. The van der Waals surface area contributed by atoms with Crippen molar-refractivity contribution in [2.24, 2.45) is 5.92 Å². The molecule has 0 bridgehead atoms. The SMILES string of the molecule is O=S(=O)(N1CCOCC1)N1CCCC(C(F)(F)F)C1. The van der Waals surface area contributed by atoms with Crippen molar-refractivity contribution in [3.8, 4) is 0 Å². The van der Waals surface area contributed by atoms with E-state index in [-0.39, 0.29) is 45.7 Å². The molecule has 5 nitrogen and oxygen atoms in total. The number of halogens is 3. The molecule has 0 amide bonds. The Balaban J connectivity index is 2.07. The Hall–Kier alpha value is -0.380. The number of piperidine rings is 1. The van der Waals surface area contributed by atoms with Gasteiger partial charge in [0.05, 0.1) is 19.1 Å². The molecule has 2 heterocycles. The summed E-state index contributed by atoms with van der Waals surface area (Å²) in [6.07, 6.45) is -4.09. The van der Waals surface area contributed by atoms with Crippen LogP contribution in [0.15, 0.2) is 0 Å². The third kappa shape index (κ3) is 3.39. The molecule has 0 aromatic heterocycles. The van der Waals surface area contributed by atoms with Crippen LogP contribution in [0, 0.1) is 5.92 Å². The quantitative estimate of drug-likeness (QED) is 0.759. The molecular weight excluding hydrogens is 285 g/mol. The van der Waals surface area contributed by atoms with Crippen LogP contribution in [0.3, 0.4) is 0 Å². The van der Waals surface area contributed by atoms with Gasteiger partial charge in [0.2, 0.25) is 0 Å². The van der Waals surface area contributed by atoms with Crippen molar-refractivity contribution in [2.45, 2.75) is 19.0 Å². The fourth-order valence-corrected chi connectivity index (χ4v) is 4.03. The molecule has 0 saturated carbocycles. The van der Waals surface area contributed by atoms with Gasteiger partial charge in [-0.25, -0.2) is 0 Å². The largest absolute Gasteiger partial charge is 0.393 e. The van der Waals surface area contributed by atoms with Gasteiger partial charge >= 0.3 is 6.18 Å². The second-order valence-electron chi connectivity index (χ2n) is 4.76. The molecule has 0 radical (unpaired) electrons. The van der Waals surface area contributed by atoms with Crippen molar-refractivity contribution in [1.82, 2.24) is 8.61 Å². The minimum absolute atomic E-state index is 0.00136. The van der Waals surface area contributed by atoms with Crippen LogP contribution >= 0.6 is 0 Å². The molecule has 2 rings (SSSR count). The molecule has 2 aliphatic rings. The minimum atomic E-state index is -4.33. The van der Waals surface area contributed by atoms with E-state index < -0.39 is 28.8 Å². The zero-order chi connectivity index (χ0) is 14.1. The van der Waals surface area contributed by atoms with Crippen molar-refractivity contribution in [3.05, 3.63) is 0 Å². The molecule has 0 aromatic carbocycles. The van der Waals surface area contributed by atoms with E-state index in [1.807, 2.05) is 0 Å². The zero-order valence-electron chi connectivity index (χ0n) is 10.4. The Kier molecular flexibility index (Phi) is 4.38. The first-order chi connectivity index (χ1) is 8.82. The highest BCUT2D eigenvalue weighted by Gasteiger charge is 2.45. The normalized spacial score (nSPS) is 28.5. The van der Waals surface area contributed by atoms with Crippen LogP contribution in [0.25, 0.3) is 0 Å². The Morgan fingerprint density at radius 3 is 2.26 bits per heavy atom. The minimum Gasteiger partial charge on any atom is -0.379 e. The fraction of sp³-hybridized carbons (Fsp3) is 1.00. The van der Waals surface area contributed by atoms with Crippen LogP contribution in [0.2, 0.25) is 0 Å². The second kappa shape index (κ2) is 5.55. The summed E-state index contributed by atoms with van der Waals surface area (Å²) in [6, 6.07) is 0. The highest BCUT2D eigenvalue weighted by atomic mass is 32.2. The maximum Gasteiger partial charge on any atom is 0.393 e. The van der Waals surface area contributed by atoms with Gasteiger partial charge in [0.1, 0.15) is 0 Å². The average Bonchev–Trinajstić information content (AvgIpc) is 2.39. The summed E-state index contributed by atoms with van der Waals surface area (Å²) in [4.78, 5) is 0. The zero-order valence-corrected chi connectivity index (χ0v) is 11.2. The number of rotatable bonds is 2. The lowest BCUT2D eigenvalue weighted by atomic mass is 9.99. The smallest absolute Gasteiger partial charge is 0.379 e. The third-order valence-electron chi connectivity index (χ3n) is 3.47. The molecule has 0 aromatic rings. The molecule has 19 heavy (non-hydrogen) atoms. The highest BCUT2D eigenvalue weighted by molar-refractivity contribution is 7.86. The van der Waals surface area contributed by atoms with Crippen LogP contribution in [0.5, 0.6) is 0 Å². The number of ether oxygens (including phenoxy) is 1. The summed E-state index contributed by atoms with van der Waals surface area (Å²) in [5.74, 6) is -1.56. The van der Waals surface area contributed by atoms with Crippen LogP contribution in [0.1, 0.15) is 12.8 Å². The molecule has 112 valence electrons. The topological polar surface area (TPSA) is 49.9 Å². The average molecular weight is 302 g/mol. The van der Waals surface area contributed by atoms with E-state index in [2.05, 4.69) is 0 Å². The molecule has 0 aliphatic carbocycles. The van der Waals surface area contributed by atoms with E-state index in [4.69, 9.17) is 4.74 Å². The first-order valence-corrected chi connectivity index (χ1v) is 7.61. The Labute approximate surface area is 110 Å². The Morgan fingerprint density at radius 2 is 1.68 bits per heavy atom. The van der Waals surface area contributed by atoms with Crippen LogP contribution in [-0.2, 0) is 14.9 Å². The van der Waals surface area contributed by atoms with Crippen LogP contribution < -0.4 is 0 Å². The summed E-state index contributed by atoms with van der Waals surface area (Å²) in [6.45, 7) is 0.673. The van der Waals surface area contributed by atoms with E-state index in [0.717, 1.165) is 4.31 Å². The highest BCUT2D eigenvalue weighted by Crippen LogP contribution is 2.34. The number of alkyl halides is 3. The van der Waals surface area contributed by atoms with Gasteiger partial charge in [-0.3, -0.25) is 0 Å². The van der Waals surface area contributed by atoms with Gasteiger partial charge in [-0.2, -0.15) is 30.2 Å². The summed E-state index contributed by atoms with van der Waals surface area (Å²) in [5, 5.41) is 0. The van der Waals surface area contributed by atoms with Crippen LogP contribution in [0.4, 0.5) is 13.2 Å². The van der Waals surface area contributed by atoms with E-state index in [1.54, 1.807) is 0 Å². The van der Waals surface area contributed by atoms with Crippen molar-refractivity contribution in [2.75, 3.05) is 39.4 Å². The van der Waals surface area contributed by atoms with E-state index in [1.165, 1.54) is 4.31 Å². The lowest BCUT2D eigenvalue weighted by Crippen LogP contribution is -2.52. The lowest BCUT2D eigenvalue weighted by Gasteiger charge is -2.37. The molecule has 2 fully saturated rings. The first kappa shape index (κ1) is 15.0. The number of hydrogen-bond acceptors (Lipinski definition) is 3. The van der Waals surface area contributed by atoms with Gasteiger partial charge in [-0.1, -0.05) is 0 Å². The van der Waals surface area contributed by atoms with Crippen molar-refractivity contribution in [1.29, 1.82) is 0 Å². The summed E-state index contributed by atoms with van der Waals surface area (Å²) < 4.78 is 69.8. The van der Waals surface area contributed by atoms with Crippen molar-refractivity contribution in [3.63, 3.8) is 0 Å². The van der Waals surface area contributed by atoms with Gasteiger partial charge in [-0.05, 0) is 12.8 Å². The van der Waals surface area contributed by atoms with Gasteiger partial charge in [0.25, 0.3) is 10.2 Å². The predicted molar refractivity (Wildman–Crippen MR) is 61.7 cm³/mol. The van der Waals surface area contributed by atoms with Gasteiger partial charge in [0.15, 0.2) is 0 Å².